The summed E-state index contributed by atoms with van der Waals surface area (Å²) >= 11 is 1.58. The lowest BCUT2D eigenvalue weighted by Gasteiger charge is -2.36. The predicted octanol–water partition coefficient (Wildman–Crippen LogP) is 4.41. The zero-order valence-corrected chi connectivity index (χ0v) is 20.0. The van der Waals surface area contributed by atoms with E-state index in [4.69, 9.17) is 4.37 Å². The van der Waals surface area contributed by atoms with Crippen molar-refractivity contribution >= 4 is 39.0 Å². The van der Waals surface area contributed by atoms with E-state index in [2.05, 4.69) is 59.2 Å². The number of hydrogen-bond acceptors (Lipinski definition) is 6. The number of nitriles is 1. The van der Waals surface area contributed by atoms with Crippen LogP contribution in [0.4, 0.5) is 11.5 Å². The minimum atomic E-state index is -0.444. The van der Waals surface area contributed by atoms with Crippen molar-refractivity contribution in [2.24, 2.45) is 0 Å². The number of piperazine rings is 1. The van der Waals surface area contributed by atoms with E-state index in [1.165, 1.54) is 21.2 Å². The van der Waals surface area contributed by atoms with Gasteiger partial charge in [0.05, 0.1) is 10.8 Å². The average molecular weight is 460 g/mol. The second-order valence-corrected chi connectivity index (χ2v) is 9.95. The molecule has 1 amide bonds. The van der Waals surface area contributed by atoms with Gasteiger partial charge in [0.2, 0.25) is 5.91 Å². The number of amides is 1. The third-order valence-corrected chi connectivity index (χ3v) is 7.77. The van der Waals surface area contributed by atoms with E-state index in [1.54, 1.807) is 23.4 Å². The van der Waals surface area contributed by atoms with Crippen LogP contribution in [0.3, 0.4) is 0 Å². The molecule has 3 aromatic rings. The predicted molar refractivity (Wildman–Crippen MR) is 134 cm³/mol. The van der Waals surface area contributed by atoms with E-state index in [0.717, 1.165) is 50.6 Å². The van der Waals surface area contributed by atoms with Crippen LogP contribution >= 0.6 is 11.5 Å². The van der Waals surface area contributed by atoms with E-state index in [9.17, 15) is 10.1 Å². The van der Waals surface area contributed by atoms with E-state index < -0.39 is 6.04 Å². The molecule has 5 rings (SSSR count). The molecule has 2 aliphatic heterocycles. The smallest absolute Gasteiger partial charge is 0.228 e. The van der Waals surface area contributed by atoms with Crippen LogP contribution in [0.2, 0.25) is 0 Å². The summed E-state index contributed by atoms with van der Waals surface area (Å²) in [4.78, 5) is 19.1. The lowest BCUT2D eigenvalue weighted by atomic mass is 9.88. The van der Waals surface area contributed by atoms with Crippen molar-refractivity contribution < 1.29 is 4.79 Å². The lowest BCUT2D eigenvalue weighted by molar-refractivity contribution is -0.119. The fraction of sp³-hybridized carbons (Fsp3) is 0.423. The molecule has 2 unspecified atom stereocenters. The Morgan fingerprint density at radius 2 is 1.97 bits per heavy atom. The minimum absolute atomic E-state index is 0.0440. The topological polar surface area (TPSA) is 63.5 Å². The highest BCUT2D eigenvalue weighted by Crippen LogP contribution is 2.37. The second-order valence-electron chi connectivity index (χ2n) is 9.15. The van der Waals surface area contributed by atoms with Gasteiger partial charge in [0.1, 0.15) is 11.9 Å². The molecule has 6 nitrogen and oxygen atoms in total. The van der Waals surface area contributed by atoms with Crippen LogP contribution < -0.4 is 9.80 Å². The summed E-state index contributed by atoms with van der Waals surface area (Å²) in [6.45, 7) is 8.99. The summed E-state index contributed by atoms with van der Waals surface area (Å²) in [5.41, 5.74) is 3.39. The van der Waals surface area contributed by atoms with Gasteiger partial charge in [0, 0.05) is 50.2 Å². The number of carbonyl (C=O) groups excluding carboxylic acids is 1. The van der Waals surface area contributed by atoms with Crippen molar-refractivity contribution in [3.05, 3.63) is 53.6 Å². The molecule has 2 aromatic carbocycles. The molecule has 3 heterocycles. The first-order chi connectivity index (χ1) is 16.0. The molecule has 170 valence electrons. The van der Waals surface area contributed by atoms with Crippen molar-refractivity contribution in [1.82, 2.24) is 9.27 Å². The van der Waals surface area contributed by atoms with Crippen LogP contribution in [0, 0.1) is 11.3 Å². The molecule has 2 aliphatic rings. The van der Waals surface area contributed by atoms with Gasteiger partial charge in [-0.3, -0.25) is 14.6 Å². The van der Waals surface area contributed by atoms with Gasteiger partial charge >= 0.3 is 0 Å². The van der Waals surface area contributed by atoms with Gasteiger partial charge in [0.15, 0.2) is 0 Å². The lowest BCUT2D eigenvalue weighted by Crippen LogP contribution is -2.47. The van der Waals surface area contributed by atoms with E-state index in [1.807, 2.05) is 6.07 Å². The molecule has 1 fully saturated rings. The maximum atomic E-state index is 12.5. The number of rotatable bonds is 5. The molecular weight excluding hydrogens is 430 g/mol. The number of fused-ring (bicyclic) bond motifs is 2. The minimum Gasteiger partial charge on any atom is -0.353 e. The Kier molecular flexibility index (Phi) is 6.05. The Balaban J connectivity index is 1.22. The average Bonchev–Trinajstić information content (AvgIpc) is 3.27. The molecule has 0 N–H and O–H groups in total. The Labute approximate surface area is 199 Å². The summed E-state index contributed by atoms with van der Waals surface area (Å²) < 4.78 is 5.97. The maximum Gasteiger partial charge on any atom is 0.228 e. The van der Waals surface area contributed by atoms with Crippen LogP contribution in [0.15, 0.2) is 42.5 Å². The fourth-order valence-corrected chi connectivity index (χ4v) is 5.83. The third-order valence-electron chi connectivity index (χ3n) is 6.95. The Hall–Kier alpha value is -2.95. The summed E-state index contributed by atoms with van der Waals surface area (Å²) in [5, 5.41) is 10.6. The van der Waals surface area contributed by atoms with Crippen molar-refractivity contribution in [3.8, 4) is 6.07 Å². The van der Waals surface area contributed by atoms with Crippen LogP contribution in [-0.4, -0.2) is 53.9 Å². The molecule has 0 aliphatic carbocycles. The van der Waals surface area contributed by atoms with Gasteiger partial charge < -0.3 is 4.90 Å². The fourth-order valence-electron chi connectivity index (χ4n) is 5.03. The number of hydrogen-bond donors (Lipinski definition) is 0. The van der Waals surface area contributed by atoms with E-state index >= 15 is 0 Å². The van der Waals surface area contributed by atoms with Gasteiger partial charge in [-0.25, -0.2) is 0 Å². The molecule has 33 heavy (non-hydrogen) atoms. The van der Waals surface area contributed by atoms with Gasteiger partial charge in [-0.15, -0.1) is 0 Å². The van der Waals surface area contributed by atoms with Crippen LogP contribution in [-0.2, 0) is 11.2 Å². The van der Waals surface area contributed by atoms with Crippen LogP contribution in [0.5, 0.6) is 0 Å². The normalized spacial score (nSPS) is 20.0. The number of aromatic nitrogens is 1. The Bertz CT molecular complexity index is 1210. The number of benzene rings is 2. The zero-order chi connectivity index (χ0) is 22.9. The van der Waals surface area contributed by atoms with Crippen molar-refractivity contribution in [1.29, 1.82) is 5.26 Å². The number of anilines is 2. The van der Waals surface area contributed by atoms with Crippen LogP contribution in [0.1, 0.15) is 37.3 Å². The number of carbonyl (C=O) groups is 1. The zero-order valence-electron chi connectivity index (χ0n) is 19.2. The third kappa shape index (κ3) is 4.21. The molecule has 0 saturated carbocycles. The monoisotopic (exact) mass is 459 g/mol. The highest BCUT2D eigenvalue weighted by molar-refractivity contribution is 7.13. The summed E-state index contributed by atoms with van der Waals surface area (Å²) in [5.74, 6) is 1.36. The summed E-state index contributed by atoms with van der Waals surface area (Å²) in [6, 6.07) is 16.7. The van der Waals surface area contributed by atoms with Gasteiger partial charge in [-0.2, -0.15) is 9.64 Å². The van der Waals surface area contributed by atoms with E-state index in [0.29, 0.717) is 6.42 Å². The molecule has 7 heteroatoms. The molecular formula is C26H29N5OS. The second kappa shape index (κ2) is 9.12. The molecule has 0 spiro atoms. The molecule has 0 bridgehead atoms. The van der Waals surface area contributed by atoms with Crippen molar-refractivity contribution in [2.75, 3.05) is 42.5 Å². The van der Waals surface area contributed by atoms with E-state index in [-0.39, 0.29) is 11.8 Å². The SMILES string of the molecule is CC1CC(=O)N(C(C)C#N)c2ccc(CCN3CCN(c4nsc5ccccc45)CC3)cc21. The first kappa shape index (κ1) is 21.9. The highest BCUT2D eigenvalue weighted by atomic mass is 32.1. The summed E-state index contributed by atoms with van der Waals surface area (Å²) in [6.07, 6.45) is 1.46. The maximum absolute atomic E-state index is 12.5. The highest BCUT2D eigenvalue weighted by Gasteiger charge is 2.32. The van der Waals surface area contributed by atoms with Crippen LogP contribution in [0.25, 0.3) is 10.1 Å². The standard InChI is InChI=1S/C26H29N5OS/c1-18-15-25(32)31(19(2)17-27)23-8-7-20(16-22(18)23)9-10-29-11-13-30(14-12-29)26-21-5-3-4-6-24(21)33-28-26/h3-8,16,18-19H,9-15H2,1-2H3. The molecule has 1 aromatic heterocycles. The number of nitrogens with zero attached hydrogens (tertiary/aromatic N) is 5. The molecule has 0 radical (unpaired) electrons. The molecule has 2 atom stereocenters. The summed E-state index contributed by atoms with van der Waals surface area (Å²) in [7, 11) is 0. The van der Waals surface area contributed by atoms with Crippen molar-refractivity contribution in [2.45, 2.75) is 38.6 Å². The largest absolute Gasteiger partial charge is 0.353 e. The van der Waals surface area contributed by atoms with Gasteiger partial charge in [-0.1, -0.05) is 31.2 Å². The quantitative estimate of drug-likeness (QED) is 0.565. The van der Waals surface area contributed by atoms with Crippen molar-refractivity contribution in [3.63, 3.8) is 0 Å². The Morgan fingerprint density at radius 3 is 2.76 bits per heavy atom. The van der Waals surface area contributed by atoms with Gasteiger partial charge in [-0.05, 0) is 60.1 Å². The Morgan fingerprint density at radius 1 is 1.18 bits per heavy atom. The first-order valence-electron chi connectivity index (χ1n) is 11.7. The first-order valence-corrected chi connectivity index (χ1v) is 12.5. The molecule has 1 saturated heterocycles. The van der Waals surface area contributed by atoms with Gasteiger partial charge in [0.25, 0.3) is 0 Å².